The number of hydrogen-bond donors (Lipinski definition) is 5. The van der Waals surface area contributed by atoms with Gasteiger partial charge in [0.2, 0.25) is 0 Å². The number of ether oxygens (including phenoxy) is 2. The van der Waals surface area contributed by atoms with Crippen molar-refractivity contribution in [3.05, 3.63) is 99.9 Å². The molecule has 0 bridgehead atoms. The fourth-order valence-corrected chi connectivity index (χ4v) is 7.05. The summed E-state index contributed by atoms with van der Waals surface area (Å²) in [5, 5.41) is 42.1. The zero-order valence-electron chi connectivity index (χ0n) is 26.4. The van der Waals surface area contributed by atoms with Crippen molar-refractivity contribution in [2.75, 3.05) is 19.3 Å². The summed E-state index contributed by atoms with van der Waals surface area (Å²) in [5.41, 5.74) is 9.44. The third kappa shape index (κ3) is 8.49. The molecule has 47 heavy (non-hydrogen) atoms. The standard InChI is InChI=1S/C35H43F3N2O6S/c1-3-20-6-7-21(34-32(43)31(42)33(44)35(46-34)47-2)13-22(20)12-19-4-8-25(9-5-19)45-26-10-11-40(18-26)30(41)16-24(39)14-23-15-28(37)29(38)17-27(23)36/h4-9,13,15,17,24,26,30-35,41-44H,3,10-12,14,16,18,39H2,1-2H3/t24-,26-,30?,31-,32-,33+,34+,35-/m1/s1. The van der Waals surface area contributed by atoms with Crippen LogP contribution in [0.5, 0.6) is 5.75 Å². The first-order chi connectivity index (χ1) is 22.5. The Kier molecular flexibility index (Phi) is 11.9. The molecule has 5 rings (SSSR count). The number of aliphatic hydroxyl groups excluding tert-OH is 4. The number of aliphatic hydroxyl groups is 4. The molecule has 0 saturated carbocycles. The monoisotopic (exact) mass is 676 g/mol. The molecule has 3 aromatic rings. The fraction of sp³-hybridized carbons (Fsp3) is 0.486. The number of rotatable bonds is 12. The van der Waals surface area contributed by atoms with E-state index in [0.29, 0.717) is 37.7 Å². The van der Waals surface area contributed by atoms with Crippen molar-refractivity contribution in [2.24, 2.45) is 5.73 Å². The van der Waals surface area contributed by atoms with Gasteiger partial charge in [0.15, 0.2) is 11.6 Å². The molecule has 256 valence electrons. The molecule has 12 heteroatoms. The minimum atomic E-state index is -1.31. The highest BCUT2D eigenvalue weighted by molar-refractivity contribution is 7.99. The average Bonchev–Trinajstić information content (AvgIpc) is 3.52. The molecule has 0 radical (unpaired) electrons. The van der Waals surface area contributed by atoms with Crippen LogP contribution in [0.1, 0.15) is 53.7 Å². The number of thioether (sulfide) groups is 1. The summed E-state index contributed by atoms with van der Waals surface area (Å²) >= 11 is 1.28. The molecule has 0 aliphatic carbocycles. The number of hydrogen-bond acceptors (Lipinski definition) is 9. The van der Waals surface area contributed by atoms with Gasteiger partial charge >= 0.3 is 0 Å². The lowest BCUT2D eigenvalue weighted by Crippen LogP contribution is -2.52. The topological polar surface area (TPSA) is 129 Å². The van der Waals surface area contributed by atoms with Crippen LogP contribution in [-0.2, 0) is 24.0 Å². The van der Waals surface area contributed by atoms with Crippen LogP contribution in [0.4, 0.5) is 13.2 Å². The summed E-state index contributed by atoms with van der Waals surface area (Å²) in [6.45, 7) is 3.13. The summed E-state index contributed by atoms with van der Waals surface area (Å²) in [6.07, 6.45) is -1.54. The summed E-state index contributed by atoms with van der Waals surface area (Å²) in [6, 6.07) is 14.4. The number of halogens is 3. The van der Waals surface area contributed by atoms with Crippen molar-refractivity contribution in [1.82, 2.24) is 4.90 Å². The van der Waals surface area contributed by atoms with E-state index in [1.165, 1.54) is 11.8 Å². The van der Waals surface area contributed by atoms with Crippen LogP contribution in [-0.4, -0.2) is 86.8 Å². The first-order valence-corrected chi connectivity index (χ1v) is 17.2. The van der Waals surface area contributed by atoms with Crippen molar-refractivity contribution in [3.8, 4) is 5.75 Å². The molecular formula is C35H43F3N2O6S. The molecule has 8 atom stereocenters. The normalized spacial score (nSPS) is 26.3. The molecule has 2 aliphatic heterocycles. The maximum Gasteiger partial charge on any atom is 0.161 e. The van der Waals surface area contributed by atoms with Crippen LogP contribution < -0.4 is 10.5 Å². The smallest absolute Gasteiger partial charge is 0.161 e. The lowest BCUT2D eigenvalue weighted by molar-refractivity contribution is -0.200. The minimum absolute atomic E-state index is 0.0322. The molecule has 8 nitrogen and oxygen atoms in total. The highest BCUT2D eigenvalue weighted by Crippen LogP contribution is 2.37. The second-order valence-electron chi connectivity index (χ2n) is 12.4. The van der Waals surface area contributed by atoms with Gasteiger partial charge in [0.05, 0.1) is 0 Å². The molecule has 2 aliphatic rings. The van der Waals surface area contributed by atoms with E-state index in [2.05, 4.69) is 6.92 Å². The van der Waals surface area contributed by atoms with E-state index < -0.39 is 59.6 Å². The van der Waals surface area contributed by atoms with Crippen molar-refractivity contribution >= 4 is 11.8 Å². The Morgan fingerprint density at radius 3 is 2.36 bits per heavy atom. The quantitative estimate of drug-likeness (QED) is 0.182. The summed E-state index contributed by atoms with van der Waals surface area (Å²) in [4.78, 5) is 1.84. The van der Waals surface area contributed by atoms with Gasteiger partial charge in [0.25, 0.3) is 0 Å². The van der Waals surface area contributed by atoms with E-state index in [4.69, 9.17) is 15.2 Å². The van der Waals surface area contributed by atoms with Crippen molar-refractivity contribution < 1.29 is 43.1 Å². The van der Waals surface area contributed by atoms with Crippen LogP contribution >= 0.6 is 11.8 Å². The van der Waals surface area contributed by atoms with Gasteiger partial charge in [0, 0.05) is 31.6 Å². The Hall–Kier alpha value is -2.68. The van der Waals surface area contributed by atoms with Crippen LogP contribution in [0.3, 0.4) is 0 Å². The predicted molar refractivity (Wildman–Crippen MR) is 173 cm³/mol. The molecule has 0 amide bonds. The highest BCUT2D eigenvalue weighted by Gasteiger charge is 2.44. The summed E-state index contributed by atoms with van der Waals surface area (Å²) in [5.74, 6) is -2.57. The Morgan fingerprint density at radius 1 is 0.936 bits per heavy atom. The van der Waals surface area contributed by atoms with Crippen molar-refractivity contribution in [1.29, 1.82) is 0 Å². The number of nitrogens with zero attached hydrogens (tertiary/aromatic N) is 1. The second kappa shape index (κ2) is 15.7. The lowest BCUT2D eigenvalue weighted by atomic mass is 9.90. The van der Waals surface area contributed by atoms with E-state index in [-0.39, 0.29) is 24.5 Å². The van der Waals surface area contributed by atoms with Gasteiger partial charge in [-0.15, -0.1) is 11.8 Å². The molecule has 6 N–H and O–H groups in total. The Bertz CT molecular complexity index is 1500. The summed E-state index contributed by atoms with van der Waals surface area (Å²) in [7, 11) is 0. The largest absolute Gasteiger partial charge is 0.489 e. The van der Waals surface area contributed by atoms with Gasteiger partial charge in [-0.3, -0.25) is 4.90 Å². The Balaban J connectivity index is 1.15. The van der Waals surface area contributed by atoms with E-state index in [0.717, 1.165) is 34.7 Å². The van der Waals surface area contributed by atoms with E-state index in [9.17, 15) is 33.6 Å². The fourth-order valence-electron chi connectivity index (χ4n) is 6.38. The van der Waals surface area contributed by atoms with E-state index in [1.807, 2.05) is 47.4 Å². The predicted octanol–water partition coefficient (Wildman–Crippen LogP) is 3.83. The number of benzene rings is 3. The maximum absolute atomic E-state index is 14.0. The highest BCUT2D eigenvalue weighted by atomic mass is 32.2. The molecule has 2 saturated heterocycles. The maximum atomic E-state index is 14.0. The number of likely N-dealkylation sites (tertiary alicyclic amines) is 1. The van der Waals surface area contributed by atoms with Crippen molar-refractivity contribution in [3.63, 3.8) is 0 Å². The van der Waals surface area contributed by atoms with Gasteiger partial charge in [-0.05, 0) is 78.0 Å². The van der Waals surface area contributed by atoms with E-state index >= 15 is 0 Å². The zero-order chi connectivity index (χ0) is 33.8. The molecule has 0 aromatic heterocycles. The SMILES string of the molecule is CCc1ccc([C@@H]2O[C@H](SC)[C@@H](O)[C@H](O)[C@H]2O)cc1Cc1ccc(O[C@@H]2CCN(C(O)C[C@H](N)Cc3cc(F)c(F)cc3F)C2)cc1. The van der Waals surface area contributed by atoms with Gasteiger partial charge in [-0.2, -0.15) is 0 Å². The zero-order valence-corrected chi connectivity index (χ0v) is 27.3. The van der Waals surface area contributed by atoms with Crippen LogP contribution in [0, 0.1) is 17.5 Å². The van der Waals surface area contributed by atoms with Crippen LogP contribution in [0.2, 0.25) is 0 Å². The Morgan fingerprint density at radius 2 is 1.66 bits per heavy atom. The van der Waals surface area contributed by atoms with Gasteiger partial charge < -0.3 is 35.6 Å². The average molecular weight is 677 g/mol. The third-order valence-corrected chi connectivity index (χ3v) is 9.90. The van der Waals surface area contributed by atoms with E-state index in [1.54, 1.807) is 6.26 Å². The number of nitrogens with two attached hydrogens (primary N) is 1. The number of aryl methyl sites for hydroxylation is 1. The van der Waals surface area contributed by atoms with Gasteiger partial charge in [-0.25, -0.2) is 13.2 Å². The molecule has 2 fully saturated rings. The third-order valence-electron chi connectivity index (χ3n) is 9.05. The van der Waals surface area contributed by atoms with Crippen molar-refractivity contribution in [2.45, 2.75) is 87.3 Å². The molecule has 1 unspecified atom stereocenters. The van der Waals surface area contributed by atoms with Gasteiger partial charge in [0.1, 0.15) is 53.8 Å². The Labute approximate surface area is 277 Å². The van der Waals surface area contributed by atoms with Crippen LogP contribution in [0.25, 0.3) is 0 Å². The first kappa shape index (κ1) is 35.6. The lowest BCUT2D eigenvalue weighted by Gasteiger charge is -2.40. The second-order valence-corrected chi connectivity index (χ2v) is 13.3. The molecular weight excluding hydrogens is 633 g/mol. The minimum Gasteiger partial charge on any atom is -0.489 e. The van der Waals surface area contributed by atoms with Crippen LogP contribution in [0.15, 0.2) is 54.6 Å². The van der Waals surface area contributed by atoms with Gasteiger partial charge in [-0.1, -0.05) is 37.3 Å². The molecule has 3 aromatic carbocycles. The molecule has 0 spiro atoms. The molecule has 2 heterocycles. The first-order valence-electron chi connectivity index (χ1n) is 15.9. The summed E-state index contributed by atoms with van der Waals surface area (Å²) < 4.78 is 53.0.